The number of Topliss-reactive ketones (excluding diaryl/α,β-unsaturated/α-hetero) is 1. The maximum Gasteiger partial charge on any atom is 0.256 e. The van der Waals surface area contributed by atoms with E-state index < -0.39 is 0 Å². The van der Waals surface area contributed by atoms with Crippen LogP contribution >= 0.6 is 0 Å². The molecule has 1 saturated heterocycles. The van der Waals surface area contributed by atoms with Gasteiger partial charge < -0.3 is 14.4 Å². The number of aromatic nitrogens is 1. The maximum atomic E-state index is 13.6. The van der Waals surface area contributed by atoms with E-state index in [1.165, 1.54) is 6.07 Å². The smallest absolute Gasteiger partial charge is 0.256 e. The van der Waals surface area contributed by atoms with Gasteiger partial charge in [0.05, 0.1) is 17.3 Å². The number of halogens is 1. The lowest BCUT2D eigenvalue weighted by molar-refractivity contribution is 0.0641. The average Bonchev–Trinajstić information content (AvgIpc) is 3.07. The highest BCUT2D eigenvalue weighted by Crippen LogP contribution is 2.25. The van der Waals surface area contributed by atoms with Crippen LogP contribution in [0.2, 0.25) is 0 Å². The van der Waals surface area contributed by atoms with Gasteiger partial charge in [-0.1, -0.05) is 13.0 Å². The molecular weight excluding hydrogens is 371 g/mol. The van der Waals surface area contributed by atoms with Gasteiger partial charge in [0, 0.05) is 58.2 Å². The minimum Gasteiger partial charge on any atom is -0.369 e. The number of aryl methyl sites for hydroxylation is 1. The molecule has 2 aliphatic rings. The monoisotopic (exact) mass is 398 g/mol. The Bertz CT molecular complexity index is 917. The Balaban J connectivity index is 1.55. The molecule has 2 aromatic rings. The summed E-state index contributed by atoms with van der Waals surface area (Å²) < 4.78 is 15.3. The van der Waals surface area contributed by atoms with Gasteiger partial charge in [-0.2, -0.15) is 0 Å². The summed E-state index contributed by atoms with van der Waals surface area (Å²) in [5, 5.41) is 0. The lowest BCUT2D eigenvalue weighted by atomic mass is 10.1. The number of carbonyl (C=O) groups is 2. The topological polar surface area (TPSA) is 48.8 Å². The number of benzene rings is 1. The first-order chi connectivity index (χ1) is 14.0. The predicted molar refractivity (Wildman–Crippen MR) is 110 cm³/mol. The highest BCUT2D eigenvalue weighted by molar-refractivity contribution is 6.11. The van der Waals surface area contributed by atoms with E-state index in [1.807, 2.05) is 24.9 Å². The van der Waals surface area contributed by atoms with E-state index in [0.29, 0.717) is 37.4 Å². The largest absolute Gasteiger partial charge is 0.369 e. The fourth-order valence-electron chi connectivity index (χ4n) is 4.42. The molecule has 0 aliphatic carbocycles. The van der Waals surface area contributed by atoms with Gasteiger partial charge in [-0.25, -0.2) is 4.39 Å². The Morgan fingerprint density at radius 2 is 1.86 bits per heavy atom. The van der Waals surface area contributed by atoms with E-state index in [-0.39, 0.29) is 23.5 Å². The molecule has 0 N–H and O–H groups in total. The van der Waals surface area contributed by atoms with Gasteiger partial charge in [0.1, 0.15) is 5.82 Å². The SMILES string of the molecule is CCCN1CC(N2CCN(c3cccc(F)c3)CC2)C(=O)c2c(ccn2C)C1=O. The molecule has 0 bridgehead atoms. The summed E-state index contributed by atoms with van der Waals surface area (Å²) in [6, 6.07) is 8.02. The second-order valence-electron chi connectivity index (χ2n) is 7.82. The predicted octanol–water partition coefficient (Wildman–Crippen LogP) is 2.40. The van der Waals surface area contributed by atoms with Crippen LogP contribution in [0.5, 0.6) is 0 Å². The van der Waals surface area contributed by atoms with Crippen molar-refractivity contribution in [3.8, 4) is 0 Å². The molecule has 154 valence electrons. The molecule has 6 nitrogen and oxygen atoms in total. The number of hydrogen-bond acceptors (Lipinski definition) is 4. The van der Waals surface area contributed by atoms with Crippen LogP contribution in [0.15, 0.2) is 36.5 Å². The summed E-state index contributed by atoms with van der Waals surface area (Å²) in [5.74, 6) is -0.288. The van der Waals surface area contributed by atoms with Crippen LogP contribution < -0.4 is 4.90 Å². The zero-order valence-corrected chi connectivity index (χ0v) is 17.0. The number of rotatable bonds is 4. The first kappa shape index (κ1) is 19.6. The number of nitrogens with zero attached hydrogens (tertiary/aromatic N) is 4. The Hall–Kier alpha value is -2.67. The minimum atomic E-state index is -0.352. The molecule has 1 fully saturated rings. The number of hydrogen-bond donors (Lipinski definition) is 0. The van der Waals surface area contributed by atoms with Crippen molar-refractivity contribution in [1.82, 2.24) is 14.4 Å². The second kappa shape index (κ2) is 7.99. The quantitative estimate of drug-likeness (QED) is 0.794. The van der Waals surface area contributed by atoms with Crippen LogP contribution in [0, 0.1) is 5.82 Å². The van der Waals surface area contributed by atoms with Crippen molar-refractivity contribution in [3.05, 3.63) is 53.6 Å². The van der Waals surface area contributed by atoms with E-state index in [2.05, 4.69) is 9.80 Å². The minimum absolute atomic E-state index is 0.0126. The van der Waals surface area contributed by atoms with E-state index in [1.54, 1.807) is 29.0 Å². The molecule has 29 heavy (non-hydrogen) atoms. The van der Waals surface area contributed by atoms with Gasteiger partial charge in [0.25, 0.3) is 5.91 Å². The standard InChI is InChI=1S/C22H27FN4O2/c1-3-8-27-15-19(21(28)20-18(22(27)29)7-9-24(20)2)26-12-10-25(11-13-26)17-6-4-5-16(23)14-17/h4-7,9,14,19H,3,8,10-13,15H2,1-2H3. The molecule has 3 heterocycles. The molecule has 0 spiro atoms. The normalized spacial score (nSPS) is 20.7. The summed E-state index contributed by atoms with van der Waals surface area (Å²) >= 11 is 0. The van der Waals surface area contributed by atoms with Gasteiger partial charge in [-0.3, -0.25) is 14.5 Å². The van der Waals surface area contributed by atoms with Crippen LogP contribution in [0.4, 0.5) is 10.1 Å². The molecule has 4 rings (SSSR count). The number of fused-ring (bicyclic) bond motifs is 1. The van der Waals surface area contributed by atoms with Crippen LogP contribution in [0.25, 0.3) is 0 Å². The molecule has 0 saturated carbocycles. The van der Waals surface area contributed by atoms with Gasteiger partial charge in [-0.15, -0.1) is 0 Å². The molecule has 1 aromatic carbocycles. The lowest BCUT2D eigenvalue weighted by Crippen LogP contribution is -2.56. The Morgan fingerprint density at radius 1 is 1.10 bits per heavy atom. The third-order valence-corrected chi connectivity index (χ3v) is 5.94. The molecule has 7 heteroatoms. The van der Waals surface area contributed by atoms with E-state index in [4.69, 9.17) is 0 Å². The van der Waals surface area contributed by atoms with E-state index in [9.17, 15) is 14.0 Å². The van der Waals surface area contributed by atoms with Crippen LogP contribution in [-0.2, 0) is 7.05 Å². The summed E-state index contributed by atoms with van der Waals surface area (Å²) in [6.07, 6.45) is 2.64. The van der Waals surface area contributed by atoms with Crippen molar-refractivity contribution < 1.29 is 14.0 Å². The zero-order valence-electron chi connectivity index (χ0n) is 17.0. The van der Waals surface area contributed by atoms with Crippen molar-refractivity contribution in [2.24, 2.45) is 7.05 Å². The van der Waals surface area contributed by atoms with Gasteiger partial charge in [-0.05, 0) is 30.7 Å². The van der Waals surface area contributed by atoms with Gasteiger partial charge in [0.15, 0.2) is 5.78 Å². The Labute approximate surface area is 170 Å². The number of ketones is 1. The van der Waals surface area contributed by atoms with Crippen molar-refractivity contribution in [2.75, 3.05) is 44.2 Å². The molecule has 1 unspecified atom stereocenters. The molecule has 2 aliphatic heterocycles. The maximum absolute atomic E-state index is 13.6. The number of piperazine rings is 1. The molecule has 1 atom stereocenters. The number of amides is 1. The summed E-state index contributed by atoms with van der Waals surface area (Å²) in [4.78, 5) is 32.5. The molecule has 0 radical (unpaired) electrons. The second-order valence-corrected chi connectivity index (χ2v) is 7.82. The summed E-state index contributed by atoms with van der Waals surface area (Å²) in [5.41, 5.74) is 1.88. The third-order valence-electron chi connectivity index (χ3n) is 5.94. The number of anilines is 1. The first-order valence-electron chi connectivity index (χ1n) is 10.2. The Morgan fingerprint density at radius 3 is 2.55 bits per heavy atom. The van der Waals surface area contributed by atoms with Crippen molar-refractivity contribution in [3.63, 3.8) is 0 Å². The zero-order chi connectivity index (χ0) is 20.5. The molecular formula is C22H27FN4O2. The van der Waals surface area contributed by atoms with E-state index >= 15 is 0 Å². The van der Waals surface area contributed by atoms with Gasteiger partial charge >= 0.3 is 0 Å². The molecule has 1 aromatic heterocycles. The fourth-order valence-corrected chi connectivity index (χ4v) is 4.42. The van der Waals surface area contributed by atoms with Crippen molar-refractivity contribution in [1.29, 1.82) is 0 Å². The highest BCUT2D eigenvalue weighted by atomic mass is 19.1. The average molecular weight is 398 g/mol. The van der Waals surface area contributed by atoms with Crippen molar-refractivity contribution in [2.45, 2.75) is 19.4 Å². The lowest BCUT2D eigenvalue weighted by Gasteiger charge is -2.40. The molecule has 1 amide bonds. The van der Waals surface area contributed by atoms with E-state index in [0.717, 1.165) is 25.2 Å². The summed E-state index contributed by atoms with van der Waals surface area (Å²) in [6.45, 7) is 5.92. The van der Waals surface area contributed by atoms with Crippen LogP contribution in [0.1, 0.15) is 34.2 Å². The van der Waals surface area contributed by atoms with Crippen LogP contribution in [-0.4, -0.2) is 71.4 Å². The highest BCUT2D eigenvalue weighted by Gasteiger charge is 2.39. The van der Waals surface area contributed by atoms with Crippen molar-refractivity contribution >= 4 is 17.4 Å². The summed E-state index contributed by atoms with van der Waals surface area (Å²) in [7, 11) is 1.82. The fraction of sp³-hybridized carbons (Fsp3) is 0.455. The van der Waals surface area contributed by atoms with Crippen LogP contribution in [0.3, 0.4) is 0 Å². The number of carbonyl (C=O) groups excluding carboxylic acids is 2. The van der Waals surface area contributed by atoms with Gasteiger partial charge in [0.2, 0.25) is 0 Å². The first-order valence-corrected chi connectivity index (χ1v) is 10.2. The third kappa shape index (κ3) is 3.67. The Kier molecular flexibility index (Phi) is 5.41.